The molecule has 2 saturated heterocycles. The lowest BCUT2D eigenvalue weighted by Gasteiger charge is -2.33. The molecule has 0 radical (unpaired) electrons. The van der Waals surface area contributed by atoms with Gasteiger partial charge in [-0.25, -0.2) is 13.2 Å². The minimum absolute atomic E-state index is 0.0543. The lowest BCUT2D eigenvalue weighted by Crippen LogP contribution is -2.49. The van der Waals surface area contributed by atoms with Crippen LogP contribution in [0.2, 0.25) is 0 Å². The van der Waals surface area contributed by atoms with Crippen LogP contribution in [0, 0.1) is 5.92 Å². The smallest absolute Gasteiger partial charge is 0.319 e. The molecule has 0 aromatic rings. The molecule has 110 valence electrons. The maximum atomic E-state index is 12.2. The highest BCUT2D eigenvalue weighted by atomic mass is 32.2. The van der Waals surface area contributed by atoms with Gasteiger partial charge >= 0.3 is 6.03 Å². The highest BCUT2D eigenvalue weighted by Crippen LogP contribution is 2.16. The van der Waals surface area contributed by atoms with E-state index in [-0.39, 0.29) is 17.5 Å². The first-order valence-corrected chi connectivity index (χ1v) is 8.58. The highest BCUT2D eigenvalue weighted by molar-refractivity contribution is 7.91. The quantitative estimate of drug-likeness (QED) is 0.728. The van der Waals surface area contributed by atoms with Crippen LogP contribution in [-0.4, -0.2) is 75.7 Å². The van der Waals surface area contributed by atoms with Crippen molar-refractivity contribution in [2.45, 2.75) is 12.8 Å². The Morgan fingerprint density at radius 3 is 2.42 bits per heavy atom. The number of amides is 2. The van der Waals surface area contributed by atoms with Crippen LogP contribution in [0.5, 0.6) is 0 Å². The predicted molar refractivity (Wildman–Crippen MR) is 71.8 cm³/mol. The van der Waals surface area contributed by atoms with Crippen molar-refractivity contribution in [2.24, 2.45) is 5.92 Å². The Balaban J connectivity index is 1.82. The summed E-state index contributed by atoms with van der Waals surface area (Å²) in [5.74, 6) is 0.671. The van der Waals surface area contributed by atoms with Gasteiger partial charge in [-0.15, -0.1) is 0 Å². The van der Waals surface area contributed by atoms with Crippen molar-refractivity contribution in [1.82, 2.24) is 9.80 Å². The Bertz CT molecular complexity index is 403. The topological polar surface area (TPSA) is 66.9 Å². The first kappa shape index (κ1) is 14.6. The van der Waals surface area contributed by atoms with E-state index in [1.54, 1.807) is 16.8 Å². The fraction of sp³-hybridized carbons (Fsp3) is 0.917. The van der Waals surface area contributed by atoms with Crippen molar-refractivity contribution in [3.8, 4) is 0 Å². The van der Waals surface area contributed by atoms with E-state index >= 15 is 0 Å². The number of hydrogen-bond acceptors (Lipinski definition) is 4. The lowest BCUT2D eigenvalue weighted by atomic mass is 10.00. The van der Waals surface area contributed by atoms with E-state index in [4.69, 9.17) is 4.74 Å². The average molecular weight is 290 g/mol. The number of rotatable bonds is 2. The van der Waals surface area contributed by atoms with Crippen LogP contribution in [0.4, 0.5) is 4.79 Å². The Morgan fingerprint density at radius 2 is 1.84 bits per heavy atom. The third-order valence-electron chi connectivity index (χ3n) is 3.81. The second kappa shape index (κ2) is 6.09. The fourth-order valence-electron chi connectivity index (χ4n) is 2.54. The van der Waals surface area contributed by atoms with Crippen LogP contribution in [0.15, 0.2) is 0 Å². The molecule has 7 heteroatoms. The zero-order chi connectivity index (χ0) is 13.9. The third-order valence-corrected chi connectivity index (χ3v) is 5.42. The molecule has 0 aromatic carbocycles. The van der Waals surface area contributed by atoms with Crippen molar-refractivity contribution in [3.63, 3.8) is 0 Å². The lowest BCUT2D eigenvalue weighted by molar-refractivity contribution is 0.0565. The molecule has 0 aromatic heterocycles. The second-order valence-corrected chi connectivity index (χ2v) is 7.66. The van der Waals surface area contributed by atoms with Crippen molar-refractivity contribution >= 4 is 15.9 Å². The van der Waals surface area contributed by atoms with Gasteiger partial charge in [-0.2, -0.15) is 0 Å². The molecule has 2 amide bonds. The standard InChI is InChI=1S/C12H22N2O4S/c1-13(10-11-2-6-18-7-3-11)12(15)14-4-8-19(16,17)9-5-14/h11H,2-10H2,1H3. The van der Waals surface area contributed by atoms with Crippen LogP contribution >= 0.6 is 0 Å². The van der Waals surface area contributed by atoms with Gasteiger partial charge in [0.05, 0.1) is 11.5 Å². The van der Waals surface area contributed by atoms with E-state index in [0.29, 0.717) is 19.0 Å². The molecule has 19 heavy (non-hydrogen) atoms. The van der Waals surface area contributed by atoms with Crippen LogP contribution in [0.1, 0.15) is 12.8 Å². The summed E-state index contributed by atoms with van der Waals surface area (Å²) in [6, 6.07) is -0.0543. The normalized spacial score (nSPS) is 24.2. The number of nitrogens with zero attached hydrogens (tertiary/aromatic N) is 2. The minimum Gasteiger partial charge on any atom is -0.381 e. The van der Waals surface area contributed by atoms with E-state index < -0.39 is 9.84 Å². The zero-order valence-electron chi connectivity index (χ0n) is 11.4. The van der Waals surface area contributed by atoms with Crippen molar-refractivity contribution in [3.05, 3.63) is 0 Å². The molecule has 0 saturated carbocycles. The van der Waals surface area contributed by atoms with Gasteiger partial charge in [-0.05, 0) is 18.8 Å². The number of carbonyl (C=O) groups excluding carboxylic acids is 1. The molecule has 2 heterocycles. The van der Waals surface area contributed by atoms with Crippen LogP contribution in [0.25, 0.3) is 0 Å². The molecule has 0 bridgehead atoms. The molecule has 2 aliphatic heterocycles. The van der Waals surface area contributed by atoms with Gasteiger partial charge in [0.1, 0.15) is 0 Å². The maximum absolute atomic E-state index is 12.2. The van der Waals surface area contributed by atoms with Crippen LogP contribution < -0.4 is 0 Å². The predicted octanol–water partition coefficient (Wildman–Crippen LogP) is 0.195. The summed E-state index contributed by atoms with van der Waals surface area (Å²) in [6.07, 6.45) is 1.98. The van der Waals surface area contributed by atoms with Gasteiger partial charge in [-0.1, -0.05) is 0 Å². The van der Waals surface area contributed by atoms with Gasteiger partial charge < -0.3 is 14.5 Å². The summed E-state index contributed by atoms with van der Waals surface area (Å²) in [6.45, 7) is 2.91. The fourth-order valence-corrected chi connectivity index (χ4v) is 3.74. The van der Waals surface area contributed by atoms with Gasteiger partial charge in [0.15, 0.2) is 9.84 Å². The third kappa shape index (κ3) is 4.07. The number of urea groups is 1. The van der Waals surface area contributed by atoms with Gasteiger partial charge in [0.25, 0.3) is 0 Å². The minimum atomic E-state index is -2.93. The number of ether oxygens (including phenoxy) is 1. The summed E-state index contributed by atoms with van der Waals surface area (Å²) in [5.41, 5.74) is 0. The number of sulfone groups is 1. The van der Waals surface area contributed by atoms with E-state index in [1.807, 2.05) is 0 Å². The van der Waals surface area contributed by atoms with Crippen LogP contribution in [0.3, 0.4) is 0 Å². The molecule has 2 aliphatic rings. The summed E-state index contributed by atoms with van der Waals surface area (Å²) in [4.78, 5) is 15.6. The molecule has 0 atom stereocenters. The van der Waals surface area contributed by atoms with E-state index in [9.17, 15) is 13.2 Å². The molecule has 0 N–H and O–H groups in total. The molecular formula is C12H22N2O4S. The first-order chi connectivity index (χ1) is 8.98. The van der Waals surface area contributed by atoms with Gasteiger partial charge in [0.2, 0.25) is 0 Å². The van der Waals surface area contributed by atoms with Gasteiger partial charge in [-0.3, -0.25) is 0 Å². The highest BCUT2D eigenvalue weighted by Gasteiger charge is 2.28. The Kier molecular flexibility index (Phi) is 4.67. The van der Waals surface area contributed by atoms with E-state index in [2.05, 4.69) is 0 Å². The maximum Gasteiger partial charge on any atom is 0.319 e. The number of hydrogen-bond donors (Lipinski definition) is 0. The van der Waals surface area contributed by atoms with Crippen molar-refractivity contribution in [1.29, 1.82) is 0 Å². The molecule has 0 unspecified atom stereocenters. The summed E-state index contributed by atoms with van der Waals surface area (Å²) in [7, 11) is -1.14. The monoisotopic (exact) mass is 290 g/mol. The molecule has 0 aliphatic carbocycles. The molecule has 2 rings (SSSR count). The average Bonchev–Trinajstić information content (AvgIpc) is 2.39. The Labute approximate surface area is 114 Å². The molecule has 2 fully saturated rings. The SMILES string of the molecule is CN(CC1CCOCC1)C(=O)N1CCS(=O)(=O)CC1. The largest absolute Gasteiger partial charge is 0.381 e. The Hall–Kier alpha value is -0.820. The second-order valence-electron chi connectivity index (χ2n) is 5.36. The molecular weight excluding hydrogens is 268 g/mol. The first-order valence-electron chi connectivity index (χ1n) is 6.76. The van der Waals surface area contributed by atoms with Crippen LogP contribution in [-0.2, 0) is 14.6 Å². The van der Waals surface area contributed by atoms with Crippen molar-refractivity contribution < 1.29 is 17.9 Å². The summed E-state index contributed by atoms with van der Waals surface area (Å²) >= 11 is 0. The zero-order valence-corrected chi connectivity index (χ0v) is 12.2. The molecule has 0 spiro atoms. The van der Waals surface area contributed by atoms with Gasteiger partial charge in [0, 0.05) is 39.9 Å². The summed E-state index contributed by atoms with van der Waals surface area (Å²) in [5, 5.41) is 0. The Morgan fingerprint density at radius 1 is 1.26 bits per heavy atom. The number of carbonyl (C=O) groups is 1. The van der Waals surface area contributed by atoms with Crippen molar-refractivity contribution in [2.75, 3.05) is 51.4 Å². The van der Waals surface area contributed by atoms with E-state index in [1.165, 1.54) is 0 Å². The summed E-state index contributed by atoms with van der Waals surface area (Å²) < 4.78 is 28.0. The molecule has 6 nitrogen and oxygen atoms in total. The van der Waals surface area contributed by atoms with E-state index in [0.717, 1.165) is 32.6 Å².